The van der Waals surface area contributed by atoms with Crippen molar-refractivity contribution in [2.75, 3.05) is 4.90 Å². The zero-order valence-electron chi connectivity index (χ0n) is 35.2. The molecule has 0 amide bonds. The van der Waals surface area contributed by atoms with Crippen LogP contribution in [0.1, 0.15) is 67.9 Å². The maximum Gasteiger partial charge on any atom is 0.0461 e. The lowest BCUT2D eigenvalue weighted by atomic mass is 9.80. The molecule has 8 aromatic rings. The minimum Gasteiger partial charge on any atom is -0.311 e. The van der Waals surface area contributed by atoms with Gasteiger partial charge in [0.05, 0.1) is 0 Å². The molecule has 1 unspecified atom stereocenters. The van der Waals surface area contributed by atoms with Gasteiger partial charge in [-0.25, -0.2) is 0 Å². The normalized spacial score (nSPS) is 16.1. The quantitative estimate of drug-likeness (QED) is 0.156. The Morgan fingerprint density at radius 1 is 0.475 bits per heavy atom. The van der Waals surface area contributed by atoms with E-state index in [1.165, 1.54) is 78.0 Å². The number of fused-ring (bicyclic) bond motifs is 6. The highest BCUT2D eigenvalue weighted by atomic mass is 15.1. The van der Waals surface area contributed by atoms with Crippen LogP contribution in [0.5, 0.6) is 0 Å². The molecule has 1 nitrogen and oxygen atoms in total. The second-order valence-corrected chi connectivity index (χ2v) is 18.0. The van der Waals surface area contributed by atoms with Crippen LogP contribution >= 0.6 is 0 Å². The molecular weight excluding hydrogens is 735 g/mol. The van der Waals surface area contributed by atoms with Crippen LogP contribution in [0.25, 0.3) is 55.6 Å². The third-order valence-corrected chi connectivity index (χ3v) is 13.7. The predicted molar refractivity (Wildman–Crippen MR) is 255 cm³/mol. The standard InChI is InChI=1S/C60H47N/c1-59(2)55-16-10-8-14-51(55)53-36-28-46(38-57(53)59)44-24-32-49(33-25-44)61(48-30-22-43(23-31-48)42-20-18-41(19-21-42)40-12-6-5-7-13-40)50-34-26-45(27-35-50)47-29-37-54-52-15-9-11-17-56(52)60(3,4)58(54)39-47/h5-6,8-12,14-26,28-39,45H,27H2,1-4H3. The van der Waals surface area contributed by atoms with Gasteiger partial charge in [0.25, 0.3) is 0 Å². The number of hydrogen-bond acceptors (Lipinski definition) is 1. The maximum atomic E-state index is 3.23. The van der Waals surface area contributed by atoms with Crippen molar-refractivity contribution in [3.8, 4) is 55.6 Å². The fourth-order valence-corrected chi connectivity index (χ4v) is 10.3. The number of nitrogens with zero attached hydrogens (tertiary/aromatic N) is 1. The monoisotopic (exact) mass is 781 g/mol. The molecule has 0 spiro atoms. The molecule has 0 N–H and O–H groups in total. The van der Waals surface area contributed by atoms with Crippen LogP contribution in [0.3, 0.4) is 0 Å². The van der Waals surface area contributed by atoms with E-state index in [0.717, 1.165) is 28.9 Å². The van der Waals surface area contributed by atoms with Gasteiger partial charge in [0.15, 0.2) is 0 Å². The summed E-state index contributed by atoms with van der Waals surface area (Å²) in [6.45, 7) is 9.44. The highest BCUT2D eigenvalue weighted by Crippen LogP contribution is 2.51. The Kier molecular flexibility index (Phi) is 8.62. The van der Waals surface area contributed by atoms with Crippen LogP contribution in [-0.2, 0) is 10.8 Å². The van der Waals surface area contributed by atoms with Crippen LogP contribution in [0.4, 0.5) is 11.4 Å². The molecule has 0 bridgehead atoms. The summed E-state index contributed by atoms with van der Waals surface area (Å²) >= 11 is 0. The molecule has 292 valence electrons. The molecule has 0 heterocycles. The third kappa shape index (κ3) is 6.17. The van der Waals surface area contributed by atoms with E-state index < -0.39 is 0 Å². The summed E-state index contributed by atoms with van der Waals surface area (Å²) in [4.78, 5) is 2.41. The molecule has 0 aromatic heterocycles. The zero-order valence-corrected chi connectivity index (χ0v) is 35.2. The van der Waals surface area contributed by atoms with Crippen molar-refractivity contribution in [1.29, 1.82) is 0 Å². The van der Waals surface area contributed by atoms with E-state index in [1.807, 2.05) is 12.1 Å². The Labute approximate surface area is 361 Å². The van der Waals surface area contributed by atoms with Crippen LogP contribution in [0, 0.1) is 12.1 Å². The average Bonchev–Trinajstić information content (AvgIpc) is 3.69. The van der Waals surface area contributed by atoms with E-state index in [0.29, 0.717) is 5.92 Å². The van der Waals surface area contributed by atoms with Gasteiger partial charge >= 0.3 is 0 Å². The van der Waals surface area contributed by atoms with Gasteiger partial charge in [-0.1, -0.05) is 185 Å². The molecule has 0 saturated carbocycles. The van der Waals surface area contributed by atoms with Gasteiger partial charge in [0, 0.05) is 39.4 Å². The van der Waals surface area contributed by atoms with Crippen LogP contribution in [0.15, 0.2) is 200 Å². The highest BCUT2D eigenvalue weighted by Gasteiger charge is 2.36. The first-order valence-corrected chi connectivity index (χ1v) is 21.6. The first-order chi connectivity index (χ1) is 29.7. The van der Waals surface area contributed by atoms with Crippen molar-refractivity contribution in [2.24, 2.45) is 0 Å². The number of rotatable bonds is 7. The zero-order chi connectivity index (χ0) is 41.3. The van der Waals surface area contributed by atoms with Crippen molar-refractivity contribution in [1.82, 2.24) is 0 Å². The maximum absolute atomic E-state index is 3.23. The first kappa shape index (κ1) is 36.9. The van der Waals surface area contributed by atoms with Gasteiger partial charge in [-0.15, -0.1) is 0 Å². The summed E-state index contributed by atoms with van der Waals surface area (Å²) in [7, 11) is 0. The van der Waals surface area contributed by atoms with Gasteiger partial charge in [-0.05, 0) is 133 Å². The van der Waals surface area contributed by atoms with Crippen LogP contribution in [0.2, 0.25) is 0 Å². The molecule has 1 heteroatoms. The van der Waals surface area contributed by atoms with E-state index >= 15 is 0 Å². The van der Waals surface area contributed by atoms with E-state index in [1.54, 1.807) is 0 Å². The Morgan fingerprint density at radius 2 is 0.984 bits per heavy atom. The third-order valence-electron chi connectivity index (χ3n) is 13.7. The Hall–Kier alpha value is -7.14. The molecule has 3 aliphatic rings. The van der Waals surface area contributed by atoms with Crippen molar-refractivity contribution in [2.45, 2.75) is 50.9 Å². The van der Waals surface area contributed by atoms with Crippen LogP contribution in [-0.4, -0.2) is 0 Å². The second-order valence-electron chi connectivity index (χ2n) is 18.0. The lowest BCUT2D eigenvalue weighted by molar-refractivity contribution is 0.658. The molecule has 11 rings (SSSR count). The van der Waals surface area contributed by atoms with Gasteiger partial charge < -0.3 is 4.90 Å². The molecule has 3 aliphatic carbocycles. The number of anilines is 2. The summed E-state index contributed by atoms with van der Waals surface area (Å²) in [6.07, 6.45) is 8.10. The summed E-state index contributed by atoms with van der Waals surface area (Å²) < 4.78 is 0. The summed E-state index contributed by atoms with van der Waals surface area (Å²) in [5, 5.41) is 0. The average molecular weight is 782 g/mol. The Morgan fingerprint density at radius 3 is 1.56 bits per heavy atom. The van der Waals surface area contributed by atoms with Crippen molar-refractivity contribution >= 4 is 11.4 Å². The summed E-state index contributed by atoms with van der Waals surface area (Å²) in [6, 6.07) is 71.2. The Balaban J connectivity index is 0.911. The molecule has 0 aliphatic heterocycles. The van der Waals surface area contributed by atoms with Crippen LogP contribution < -0.4 is 4.90 Å². The molecule has 1 atom stereocenters. The minimum atomic E-state index is -0.0369. The fraction of sp³-hybridized carbons (Fsp3) is 0.133. The molecule has 0 fully saturated rings. The second kappa shape index (κ2) is 14.3. The molecule has 8 aromatic carbocycles. The number of benzene rings is 7. The highest BCUT2D eigenvalue weighted by molar-refractivity contribution is 5.85. The molecule has 0 saturated heterocycles. The van der Waals surface area contributed by atoms with E-state index in [2.05, 4.69) is 227 Å². The van der Waals surface area contributed by atoms with Gasteiger partial charge in [0.2, 0.25) is 0 Å². The van der Waals surface area contributed by atoms with Crippen molar-refractivity contribution in [3.05, 3.63) is 240 Å². The van der Waals surface area contributed by atoms with E-state index in [9.17, 15) is 0 Å². The molecule has 61 heavy (non-hydrogen) atoms. The summed E-state index contributed by atoms with van der Waals surface area (Å²) in [5.41, 5.74) is 22.9. The fourth-order valence-electron chi connectivity index (χ4n) is 10.3. The predicted octanol–water partition coefficient (Wildman–Crippen LogP) is 15.7. The number of hydrogen-bond donors (Lipinski definition) is 0. The number of allylic oxidation sites excluding steroid dienone is 3. The van der Waals surface area contributed by atoms with Crippen molar-refractivity contribution < 1.29 is 0 Å². The van der Waals surface area contributed by atoms with Gasteiger partial charge in [0.1, 0.15) is 0 Å². The molecule has 0 radical (unpaired) electrons. The largest absolute Gasteiger partial charge is 0.311 e. The topological polar surface area (TPSA) is 3.24 Å². The first-order valence-electron chi connectivity index (χ1n) is 21.6. The smallest absolute Gasteiger partial charge is 0.0461 e. The lowest BCUT2D eigenvalue weighted by Gasteiger charge is -2.30. The van der Waals surface area contributed by atoms with Gasteiger partial charge in [-0.3, -0.25) is 0 Å². The van der Waals surface area contributed by atoms with Gasteiger partial charge in [-0.2, -0.15) is 0 Å². The van der Waals surface area contributed by atoms with E-state index in [-0.39, 0.29) is 10.8 Å². The summed E-state index contributed by atoms with van der Waals surface area (Å²) in [5.74, 6) is 0.310. The lowest BCUT2D eigenvalue weighted by Crippen LogP contribution is -2.18. The van der Waals surface area contributed by atoms with Crippen molar-refractivity contribution in [3.63, 3.8) is 0 Å². The molecular formula is C60H47N. The minimum absolute atomic E-state index is 0.0152. The SMILES string of the molecule is CC1(C)c2ccccc2-c2ccc(-c3ccc(N(C4=CCC(c5ccc6c(c5)C(C)(C)c5ccccc5-6)C=C4)c4ccc(-c5ccc(-c6c#cccc6)cc5)cc4)cc3)cc21. The Bertz CT molecular complexity index is 3010. The van der Waals surface area contributed by atoms with E-state index in [4.69, 9.17) is 0 Å².